The molecule has 6 nitrogen and oxygen atoms in total. The average molecular weight is 289 g/mol. The third-order valence-corrected chi connectivity index (χ3v) is 4.53. The summed E-state index contributed by atoms with van der Waals surface area (Å²) in [6, 6.07) is 5.53. The summed E-state index contributed by atoms with van der Waals surface area (Å²) in [4.78, 5) is 28.6. The van der Waals surface area contributed by atoms with Gasteiger partial charge in [-0.25, -0.2) is 9.59 Å². The second-order valence-electron chi connectivity index (χ2n) is 5.81. The van der Waals surface area contributed by atoms with Gasteiger partial charge in [0.2, 0.25) is 0 Å². The van der Waals surface area contributed by atoms with Gasteiger partial charge in [-0.2, -0.15) is 0 Å². The van der Waals surface area contributed by atoms with Crippen molar-refractivity contribution >= 4 is 17.0 Å². The third-order valence-electron chi connectivity index (χ3n) is 4.53. The summed E-state index contributed by atoms with van der Waals surface area (Å²) < 4.78 is 1.73. The van der Waals surface area contributed by atoms with Crippen LogP contribution in [0.2, 0.25) is 0 Å². The SMILES string of the molecule is CC1CC(n2c(=O)[nH]c3c(C(=O)O)cccc32)CCN1C. The number of aromatic carboxylic acids is 1. The largest absolute Gasteiger partial charge is 0.478 e. The third kappa shape index (κ3) is 2.25. The van der Waals surface area contributed by atoms with Crippen molar-refractivity contribution in [2.24, 2.45) is 0 Å². The van der Waals surface area contributed by atoms with Crippen LogP contribution in [0.4, 0.5) is 0 Å². The Bertz CT molecular complexity index is 746. The quantitative estimate of drug-likeness (QED) is 0.881. The molecular formula is C15H19N3O3. The molecule has 0 saturated carbocycles. The molecular weight excluding hydrogens is 270 g/mol. The van der Waals surface area contributed by atoms with Crippen LogP contribution in [0.5, 0.6) is 0 Å². The van der Waals surface area contributed by atoms with Crippen LogP contribution in [0.25, 0.3) is 11.0 Å². The number of hydrogen-bond acceptors (Lipinski definition) is 3. The highest BCUT2D eigenvalue weighted by molar-refractivity contribution is 6.00. The fourth-order valence-corrected chi connectivity index (χ4v) is 3.19. The van der Waals surface area contributed by atoms with Crippen molar-refractivity contribution in [1.82, 2.24) is 14.5 Å². The van der Waals surface area contributed by atoms with Crippen molar-refractivity contribution in [2.75, 3.05) is 13.6 Å². The fourth-order valence-electron chi connectivity index (χ4n) is 3.19. The molecule has 112 valence electrons. The minimum absolute atomic E-state index is 0.112. The molecule has 1 aliphatic rings. The number of carboxylic acids is 1. The predicted octanol–water partition coefficient (Wildman–Crippen LogP) is 1.68. The number of aromatic amines is 1. The smallest absolute Gasteiger partial charge is 0.337 e. The molecule has 0 spiro atoms. The molecule has 1 aromatic carbocycles. The number of carboxylic acid groups (broad SMARTS) is 1. The standard InChI is InChI=1S/C15H19N3O3/c1-9-8-10(6-7-17(9)2)18-12-5-3-4-11(14(19)20)13(12)16-15(18)21/h3-5,9-10H,6-8H2,1-2H3,(H,16,21)(H,19,20). The van der Waals surface area contributed by atoms with E-state index < -0.39 is 5.97 Å². The van der Waals surface area contributed by atoms with E-state index in [4.69, 9.17) is 0 Å². The Labute approximate surface area is 122 Å². The van der Waals surface area contributed by atoms with Gasteiger partial charge in [0.1, 0.15) is 0 Å². The van der Waals surface area contributed by atoms with E-state index in [2.05, 4.69) is 23.9 Å². The molecule has 1 aromatic heterocycles. The molecule has 0 aliphatic carbocycles. The number of fused-ring (bicyclic) bond motifs is 1. The van der Waals surface area contributed by atoms with Gasteiger partial charge in [-0.15, -0.1) is 0 Å². The van der Waals surface area contributed by atoms with Crippen LogP contribution in [-0.4, -0.2) is 45.2 Å². The van der Waals surface area contributed by atoms with Crippen LogP contribution in [0.1, 0.15) is 36.2 Å². The Kier molecular flexibility index (Phi) is 3.33. The predicted molar refractivity (Wildman–Crippen MR) is 79.9 cm³/mol. The van der Waals surface area contributed by atoms with E-state index in [1.165, 1.54) is 6.07 Å². The van der Waals surface area contributed by atoms with Gasteiger partial charge in [-0.3, -0.25) is 4.57 Å². The van der Waals surface area contributed by atoms with E-state index in [0.717, 1.165) is 19.4 Å². The van der Waals surface area contributed by atoms with Gasteiger partial charge in [0.15, 0.2) is 0 Å². The minimum Gasteiger partial charge on any atom is -0.478 e. The van der Waals surface area contributed by atoms with Crippen molar-refractivity contribution in [3.05, 3.63) is 34.2 Å². The zero-order valence-corrected chi connectivity index (χ0v) is 12.2. The summed E-state index contributed by atoms with van der Waals surface area (Å²) in [6.07, 6.45) is 1.78. The first-order chi connectivity index (χ1) is 9.99. The highest BCUT2D eigenvalue weighted by Gasteiger charge is 2.27. The second-order valence-corrected chi connectivity index (χ2v) is 5.81. The van der Waals surface area contributed by atoms with Crippen LogP contribution < -0.4 is 5.69 Å². The Balaban J connectivity index is 2.11. The van der Waals surface area contributed by atoms with Gasteiger partial charge < -0.3 is 15.0 Å². The van der Waals surface area contributed by atoms with E-state index in [0.29, 0.717) is 17.1 Å². The Hall–Kier alpha value is -2.08. The maximum Gasteiger partial charge on any atom is 0.337 e. The molecule has 1 saturated heterocycles. The summed E-state index contributed by atoms with van der Waals surface area (Å²) in [5, 5.41) is 9.23. The van der Waals surface area contributed by atoms with Gasteiger partial charge in [0, 0.05) is 18.6 Å². The van der Waals surface area contributed by atoms with Crippen molar-refractivity contribution in [3.8, 4) is 0 Å². The number of hydrogen-bond donors (Lipinski definition) is 2. The highest BCUT2D eigenvalue weighted by Crippen LogP contribution is 2.28. The molecule has 1 fully saturated rings. The zero-order valence-electron chi connectivity index (χ0n) is 12.2. The number of rotatable bonds is 2. The second kappa shape index (κ2) is 5.04. The van der Waals surface area contributed by atoms with Gasteiger partial charge in [0.05, 0.1) is 16.6 Å². The first-order valence-electron chi connectivity index (χ1n) is 7.16. The number of imidazole rings is 1. The number of nitrogens with zero attached hydrogens (tertiary/aromatic N) is 2. The monoisotopic (exact) mass is 289 g/mol. The first-order valence-corrected chi connectivity index (χ1v) is 7.16. The lowest BCUT2D eigenvalue weighted by Gasteiger charge is -2.35. The maximum atomic E-state index is 12.3. The molecule has 2 atom stereocenters. The summed E-state index contributed by atoms with van der Waals surface area (Å²) >= 11 is 0. The van der Waals surface area contributed by atoms with E-state index in [1.54, 1.807) is 10.6 Å². The van der Waals surface area contributed by atoms with Gasteiger partial charge in [0.25, 0.3) is 0 Å². The number of nitrogens with one attached hydrogen (secondary N) is 1. The summed E-state index contributed by atoms with van der Waals surface area (Å²) in [5.74, 6) is -1.02. The van der Waals surface area contributed by atoms with Crippen molar-refractivity contribution in [1.29, 1.82) is 0 Å². The minimum atomic E-state index is -1.02. The average Bonchev–Trinajstić information content (AvgIpc) is 2.77. The molecule has 21 heavy (non-hydrogen) atoms. The fraction of sp³-hybridized carbons (Fsp3) is 0.467. The molecule has 2 heterocycles. The number of benzene rings is 1. The van der Waals surface area contributed by atoms with Crippen LogP contribution in [0.15, 0.2) is 23.0 Å². The molecule has 0 bridgehead atoms. The van der Waals surface area contributed by atoms with E-state index in [9.17, 15) is 14.7 Å². The topological polar surface area (TPSA) is 78.3 Å². The summed E-state index contributed by atoms with van der Waals surface area (Å²) in [7, 11) is 2.08. The molecule has 2 N–H and O–H groups in total. The molecule has 3 rings (SSSR count). The van der Waals surface area contributed by atoms with Gasteiger partial charge in [-0.05, 0) is 38.9 Å². The lowest BCUT2D eigenvalue weighted by molar-refractivity contribution is 0.0699. The van der Waals surface area contributed by atoms with Crippen molar-refractivity contribution in [3.63, 3.8) is 0 Å². The van der Waals surface area contributed by atoms with Gasteiger partial charge in [-0.1, -0.05) is 6.07 Å². The molecule has 2 unspecified atom stereocenters. The van der Waals surface area contributed by atoms with Crippen molar-refractivity contribution in [2.45, 2.75) is 31.8 Å². The number of piperidine rings is 1. The Morgan fingerprint density at radius 2 is 2.19 bits per heavy atom. The number of likely N-dealkylation sites (tertiary alicyclic amines) is 1. The number of aromatic nitrogens is 2. The number of carbonyl (C=O) groups is 1. The number of para-hydroxylation sites is 1. The molecule has 1 aliphatic heterocycles. The Morgan fingerprint density at radius 3 is 2.86 bits per heavy atom. The normalized spacial score (nSPS) is 23.5. The van der Waals surface area contributed by atoms with Gasteiger partial charge >= 0.3 is 11.7 Å². The molecule has 2 aromatic rings. The maximum absolute atomic E-state index is 12.3. The van der Waals surface area contributed by atoms with E-state index in [1.807, 2.05) is 6.07 Å². The Morgan fingerprint density at radius 1 is 1.43 bits per heavy atom. The summed E-state index contributed by atoms with van der Waals surface area (Å²) in [6.45, 7) is 3.08. The molecule has 6 heteroatoms. The van der Waals surface area contributed by atoms with Crippen LogP contribution in [0, 0.1) is 0 Å². The lowest BCUT2D eigenvalue weighted by Crippen LogP contribution is -2.40. The zero-order chi connectivity index (χ0) is 15.1. The van der Waals surface area contributed by atoms with E-state index >= 15 is 0 Å². The number of H-pyrrole nitrogens is 1. The summed E-state index contributed by atoms with van der Waals surface area (Å²) in [5.41, 5.74) is 1.02. The first kappa shape index (κ1) is 13.9. The molecule has 0 amide bonds. The highest BCUT2D eigenvalue weighted by atomic mass is 16.4. The van der Waals surface area contributed by atoms with Crippen molar-refractivity contribution < 1.29 is 9.90 Å². The van der Waals surface area contributed by atoms with E-state index in [-0.39, 0.29) is 17.3 Å². The lowest BCUT2D eigenvalue weighted by atomic mass is 9.98. The molecule has 0 radical (unpaired) electrons. The van der Waals surface area contributed by atoms with Crippen LogP contribution in [-0.2, 0) is 0 Å². The van der Waals surface area contributed by atoms with Crippen LogP contribution in [0.3, 0.4) is 0 Å². The van der Waals surface area contributed by atoms with Crippen LogP contribution >= 0.6 is 0 Å².